The number of anilines is 1. The summed E-state index contributed by atoms with van der Waals surface area (Å²) in [5.41, 5.74) is 6.92. The Kier molecular flexibility index (Phi) is 2.82. The van der Waals surface area contributed by atoms with Gasteiger partial charge in [-0.25, -0.2) is 9.37 Å². The number of phenolic OH excluding ortho intramolecular Hbond substituents is 1. The number of phenols is 1. The first-order valence-corrected chi connectivity index (χ1v) is 4.91. The zero-order chi connectivity index (χ0) is 12.4. The van der Waals surface area contributed by atoms with Crippen LogP contribution in [0.4, 0.5) is 10.1 Å². The number of aromatic hydroxyl groups is 1. The molecule has 5 heteroatoms. The van der Waals surface area contributed by atoms with E-state index in [1.165, 1.54) is 19.2 Å². The van der Waals surface area contributed by atoms with Crippen LogP contribution in [0.5, 0.6) is 11.6 Å². The van der Waals surface area contributed by atoms with Crippen molar-refractivity contribution >= 4 is 5.69 Å². The molecule has 0 atom stereocenters. The first-order valence-electron chi connectivity index (χ1n) is 4.91. The van der Waals surface area contributed by atoms with Gasteiger partial charge in [0, 0.05) is 11.6 Å². The van der Waals surface area contributed by atoms with Crippen molar-refractivity contribution in [3.63, 3.8) is 0 Å². The number of ether oxygens (including phenoxy) is 1. The van der Waals surface area contributed by atoms with Gasteiger partial charge in [0.1, 0.15) is 11.6 Å². The van der Waals surface area contributed by atoms with Crippen molar-refractivity contribution in [1.82, 2.24) is 4.98 Å². The van der Waals surface area contributed by atoms with Gasteiger partial charge in [-0.3, -0.25) is 0 Å². The molecule has 0 radical (unpaired) electrons. The summed E-state index contributed by atoms with van der Waals surface area (Å²) >= 11 is 0. The number of nitrogens with two attached hydrogens (primary N) is 1. The van der Waals surface area contributed by atoms with Crippen LogP contribution in [0.2, 0.25) is 0 Å². The Hall–Kier alpha value is -2.30. The first kappa shape index (κ1) is 11.2. The molecule has 0 fully saturated rings. The largest absolute Gasteiger partial charge is 0.507 e. The third-order valence-corrected chi connectivity index (χ3v) is 2.32. The predicted octanol–water partition coefficient (Wildman–Crippen LogP) is 2.18. The summed E-state index contributed by atoms with van der Waals surface area (Å²) in [6.07, 6.45) is 0. The van der Waals surface area contributed by atoms with E-state index in [4.69, 9.17) is 10.5 Å². The lowest BCUT2D eigenvalue weighted by Crippen LogP contribution is -1.96. The minimum atomic E-state index is -0.506. The van der Waals surface area contributed by atoms with Crippen molar-refractivity contribution in [3.8, 4) is 22.9 Å². The van der Waals surface area contributed by atoms with E-state index in [1.807, 2.05) is 0 Å². The van der Waals surface area contributed by atoms with Gasteiger partial charge in [-0.1, -0.05) is 0 Å². The Morgan fingerprint density at radius 3 is 2.71 bits per heavy atom. The van der Waals surface area contributed by atoms with Crippen molar-refractivity contribution in [1.29, 1.82) is 0 Å². The molecule has 4 nitrogen and oxygen atoms in total. The molecule has 0 saturated heterocycles. The fraction of sp³-hybridized carbons (Fsp3) is 0.0833. The summed E-state index contributed by atoms with van der Waals surface area (Å²) in [4.78, 5) is 4.12. The van der Waals surface area contributed by atoms with Gasteiger partial charge < -0.3 is 15.6 Å². The molecule has 1 heterocycles. The summed E-state index contributed by atoms with van der Waals surface area (Å²) in [6.45, 7) is 0. The van der Waals surface area contributed by atoms with Crippen molar-refractivity contribution < 1.29 is 14.2 Å². The van der Waals surface area contributed by atoms with Crippen molar-refractivity contribution in [3.05, 3.63) is 36.1 Å². The van der Waals surface area contributed by atoms with E-state index in [-0.39, 0.29) is 11.6 Å². The Balaban J connectivity index is 2.53. The minimum absolute atomic E-state index is 0.177. The summed E-state index contributed by atoms with van der Waals surface area (Å²) < 4.78 is 17.8. The number of halogens is 1. The van der Waals surface area contributed by atoms with Crippen molar-refractivity contribution in [2.24, 2.45) is 0 Å². The molecule has 0 aliphatic heterocycles. The number of nitrogen functional groups attached to an aromatic ring is 1. The smallest absolute Gasteiger partial charge is 0.237 e. The molecule has 0 amide bonds. The standard InChI is InChI=1S/C12H11FN2O2/c1-17-12-9(14)4-5-10(15-12)8-3-2-7(13)6-11(8)16/h2-6,16H,14H2,1H3. The third kappa shape index (κ3) is 2.13. The Morgan fingerprint density at radius 1 is 1.29 bits per heavy atom. The highest BCUT2D eigenvalue weighted by Gasteiger charge is 2.09. The van der Waals surface area contributed by atoms with E-state index in [0.717, 1.165) is 6.07 Å². The van der Waals surface area contributed by atoms with E-state index in [0.29, 0.717) is 16.9 Å². The highest BCUT2D eigenvalue weighted by molar-refractivity contribution is 5.69. The number of hydrogen-bond acceptors (Lipinski definition) is 4. The normalized spacial score (nSPS) is 10.2. The van der Waals surface area contributed by atoms with Gasteiger partial charge in [0.2, 0.25) is 5.88 Å². The van der Waals surface area contributed by atoms with Crippen LogP contribution in [0.15, 0.2) is 30.3 Å². The Bertz CT molecular complexity index is 558. The number of benzene rings is 1. The quantitative estimate of drug-likeness (QED) is 0.835. The molecule has 0 aliphatic carbocycles. The van der Waals surface area contributed by atoms with Gasteiger partial charge in [0.15, 0.2) is 0 Å². The molecule has 0 aliphatic rings. The minimum Gasteiger partial charge on any atom is -0.507 e. The average molecular weight is 234 g/mol. The van der Waals surface area contributed by atoms with Crippen molar-refractivity contribution in [2.45, 2.75) is 0 Å². The maximum Gasteiger partial charge on any atom is 0.237 e. The molecular weight excluding hydrogens is 223 g/mol. The average Bonchev–Trinajstić information content (AvgIpc) is 2.30. The zero-order valence-corrected chi connectivity index (χ0v) is 9.14. The number of methoxy groups -OCH3 is 1. The Labute approximate surface area is 97.5 Å². The lowest BCUT2D eigenvalue weighted by Gasteiger charge is -2.07. The molecule has 2 rings (SSSR count). The topological polar surface area (TPSA) is 68.4 Å². The molecule has 1 aromatic heterocycles. The van der Waals surface area contributed by atoms with Gasteiger partial charge >= 0.3 is 0 Å². The van der Waals surface area contributed by atoms with Crippen LogP contribution in [0, 0.1) is 5.82 Å². The van der Waals surface area contributed by atoms with Crippen LogP contribution in [0.1, 0.15) is 0 Å². The molecular formula is C12H11FN2O2. The van der Waals surface area contributed by atoms with Gasteiger partial charge in [-0.15, -0.1) is 0 Å². The second-order valence-corrected chi connectivity index (χ2v) is 3.46. The lowest BCUT2D eigenvalue weighted by atomic mass is 10.1. The number of nitrogens with zero attached hydrogens (tertiary/aromatic N) is 1. The van der Waals surface area contributed by atoms with E-state index in [9.17, 15) is 9.50 Å². The van der Waals surface area contributed by atoms with Crippen LogP contribution in [0.25, 0.3) is 11.3 Å². The zero-order valence-electron chi connectivity index (χ0n) is 9.14. The molecule has 0 saturated carbocycles. The first-order chi connectivity index (χ1) is 8.11. The summed E-state index contributed by atoms with van der Waals surface area (Å²) in [5.74, 6) is -0.413. The summed E-state index contributed by atoms with van der Waals surface area (Å²) in [5, 5.41) is 9.63. The predicted molar refractivity (Wildman–Crippen MR) is 62.3 cm³/mol. The molecule has 17 heavy (non-hydrogen) atoms. The van der Waals surface area contributed by atoms with Gasteiger partial charge in [-0.05, 0) is 24.3 Å². The molecule has 3 N–H and O–H groups in total. The van der Waals surface area contributed by atoms with Gasteiger partial charge in [-0.2, -0.15) is 0 Å². The third-order valence-electron chi connectivity index (χ3n) is 2.32. The van der Waals surface area contributed by atoms with Crippen LogP contribution in [-0.2, 0) is 0 Å². The second-order valence-electron chi connectivity index (χ2n) is 3.46. The molecule has 0 bridgehead atoms. The second kappa shape index (κ2) is 4.29. The SMILES string of the molecule is COc1nc(-c2ccc(F)cc2O)ccc1N. The lowest BCUT2D eigenvalue weighted by molar-refractivity contribution is 0.400. The van der Waals surface area contributed by atoms with E-state index in [2.05, 4.69) is 4.98 Å². The number of aromatic nitrogens is 1. The molecule has 0 spiro atoms. The number of hydrogen-bond donors (Lipinski definition) is 2. The monoisotopic (exact) mass is 234 g/mol. The van der Waals surface area contributed by atoms with E-state index < -0.39 is 5.82 Å². The maximum absolute atomic E-state index is 12.8. The highest BCUT2D eigenvalue weighted by Crippen LogP contribution is 2.31. The molecule has 0 unspecified atom stereocenters. The number of rotatable bonds is 2. The maximum atomic E-state index is 12.8. The van der Waals surface area contributed by atoms with Crippen molar-refractivity contribution in [2.75, 3.05) is 12.8 Å². The summed E-state index contributed by atoms with van der Waals surface area (Å²) in [7, 11) is 1.45. The molecule has 1 aromatic carbocycles. The number of pyridine rings is 1. The fourth-order valence-electron chi connectivity index (χ4n) is 1.49. The summed E-state index contributed by atoms with van der Waals surface area (Å²) in [6, 6.07) is 6.97. The van der Waals surface area contributed by atoms with Crippen LogP contribution < -0.4 is 10.5 Å². The highest BCUT2D eigenvalue weighted by atomic mass is 19.1. The molecule has 88 valence electrons. The fourth-order valence-corrected chi connectivity index (χ4v) is 1.49. The Morgan fingerprint density at radius 2 is 2.06 bits per heavy atom. The van der Waals surface area contributed by atoms with Crippen LogP contribution >= 0.6 is 0 Å². The van der Waals surface area contributed by atoms with E-state index in [1.54, 1.807) is 12.1 Å². The van der Waals surface area contributed by atoms with Gasteiger partial charge in [0.05, 0.1) is 18.5 Å². The van der Waals surface area contributed by atoms with Crippen LogP contribution in [0.3, 0.4) is 0 Å². The van der Waals surface area contributed by atoms with Gasteiger partial charge in [0.25, 0.3) is 0 Å². The molecule has 2 aromatic rings. The van der Waals surface area contributed by atoms with Crippen LogP contribution in [-0.4, -0.2) is 17.2 Å². The van der Waals surface area contributed by atoms with E-state index >= 15 is 0 Å².